The monoisotopic (exact) mass is 676 g/mol. The van der Waals surface area contributed by atoms with E-state index in [1.54, 1.807) is 20.8 Å². The number of aliphatic hydroxyl groups is 3. The lowest BCUT2D eigenvalue weighted by Crippen LogP contribution is -2.74. The maximum atomic E-state index is 14.7. The lowest BCUT2D eigenvalue weighted by molar-refractivity contribution is -0.267. The van der Waals surface area contributed by atoms with E-state index in [-0.39, 0.29) is 12.5 Å². The summed E-state index contributed by atoms with van der Waals surface area (Å²) in [5.41, 5.74) is -6.22. The largest absolute Gasteiger partial charge is 0.459 e. The van der Waals surface area contributed by atoms with Gasteiger partial charge in [-0.05, 0) is 32.1 Å². The van der Waals surface area contributed by atoms with Crippen LogP contribution >= 0.6 is 0 Å². The Morgan fingerprint density at radius 1 is 0.833 bits per heavy atom. The number of hydrogen-bond donors (Lipinski definition) is 3. The van der Waals surface area contributed by atoms with Gasteiger partial charge in [-0.25, -0.2) is 4.79 Å². The van der Waals surface area contributed by atoms with Crippen molar-refractivity contribution in [1.29, 1.82) is 0 Å². The minimum Gasteiger partial charge on any atom is -0.459 e. The van der Waals surface area contributed by atoms with E-state index >= 15 is 0 Å². The number of Topliss-reactive ketones (excluding diaryl/α,β-unsaturated/α-hetero) is 1. The molecule has 0 aromatic carbocycles. The van der Waals surface area contributed by atoms with Gasteiger partial charge in [0.15, 0.2) is 11.4 Å². The summed E-state index contributed by atoms with van der Waals surface area (Å²) >= 11 is 0. The van der Waals surface area contributed by atoms with Crippen LogP contribution in [0, 0.1) is 57.7 Å². The molecule has 14 heteroatoms. The quantitative estimate of drug-likeness (QED) is 0.205. The van der Waals surface area contributed by atoms with Crippen molar-refractivity contribution in [2.45, 2.75) is 122 Å². The van der Waals surface area contributed by atoms with Gasteiger partial charge in [0, 0.05) is 61.2 Å². The van der Waals surface area contributed by atoms with Gasteiger partial charge in [-0.15, -0.1) is 0 Å². The van der Waals surface area contributed by atoms with Gasteiger partial charge in [-0.1, -0.05) is 20.8 Å². The van der Waals surface area contributed by atoms with E-state index in [9.17, 15) is 39.3 Å². The average molecular weight is 677 g/mol. The van der Waals surface area contributed by atoms with Crippen LogP contribution in [0.3, 0.4) is 0 Å². The lowest BCUT2D eigenvalue weighted by Gasteiger charge is -2.65. The number of ether oxygens (including phenoxy) is 6. The molecular formula is C34H44O14. The zero-order valence-electron chi connectivity index (χ0n) is 28.2. The molecule has 3 aliphatic heterocycles. The van der Waals surface area contributed by atoms with Gasteiger partial charge in [0.25, 0.3) is 0 Å². The molecule has 8 rings (SSSR count). The summed E-state index contributed by atoms with van der Waals surface area (Å²) < 4.78 is 36.1. The number of carbonyl (C=O) groups is 5. The minimum atomic E-state index is -2.11. The van der Waals surface area contributed by atoms with E-state index in [4.69, 9.17) is 28.4 Å². The first-order chi connectivity index (χ1) is 22.2. The number of aliphatic hydroxyl groups excluding tert-OH is 2. The van der Waals surface area contributed by atoms with E-state index in [1.165, 1.54) is 27.7 Å². The molecule has 0 amide bonds. The highest BCUT2D eigenvalue weighted by Gasteiger charge is 2.93. The first-order valence-corrected chi connectivity index (χ1v) is 16.9. The van der Waals surface area contributed by atoms with Crippen molar-refractivity contribution in [3.8, 4) is 0 Å². The summed E-state index contributed by atoms with van der Waals surface area (Å²) in [6.45, 7) is 12.1. The van der Waals surface area contributed by atoms with Crippen molar-refractivity contribution < 1.29 is 67.7 Å². The zero-order valence-corrected chi connectivity index (χ0v) is 28.2. The smallest absolute Gasteiger partial charge is 0.341 e. The fourth-order valence-electron chi connectivity index (χ4n) is 12.9. The van der Waals surface area contributed by atoms with Gasteiger partial charge >= 0.3 is 23.9 Å². The van der Waals surface area contributed by atoms with Crippen molar-refractivity contribution in [3.05, 3.63) is 0 Å². The summed E-state index contributed by atoms with van der Waals surface area (Å²) in [4.78, 5) is 66.5. The Morgan fingerprint density at radius 3 is 2.04 bits per heavy atom. The van der Waals surface area contributed by atoms with Crippen LogP contribution in [-0.2, 0) is 52.4 Å². The highest BCUT2D eigenvalue weighted by molar-refractivity contribution is 5.89. The molecule has 0 unspecified atom stereocenters. The number of esters is 4. The number of fused-ring (bicyclic) bond motifs is 9. The van der Waals surface area contributed by atoms with Crippen LogP contribution in [0.4, 0.5) is 0 Å². The molecule has 8 fully saturated rings. The summed E-state index contributed by atoms with van der Waals surface area (Å²) in [7, 11) is 0. The van der Waals surface area contributed by atoms with Gasteiger partial charge in [-0.2, -0.15) is 0 Å². The van der Waals surface area contributed by atoms with Crippen LogP contribution in [0.25, 0.3) is 0 Å². The predicted molar refractivity (Wildman–Crippen MR) is 156 cm³/mol. The van der Waals surface area contributed by atoms with Crippen molar-refractivity contribution in [1.82, 2.24) is 0 Å². The Kier molecular flexibility index (Phi) is 6.35. The van der Waals surface area contributed by atoms with E-state index < -0.39 is 141 Å². The summed E-state index contributed by atoms with van der Waals surface area (Å²) in [5.74, 6) is -11.1. The SMILES string of the molecule is CC(=O)O[C@H]1[C@H]2[C@@H](C(=O)[C@H](O)[C@H]3C[C@@H]4O[C@@H]4[C@H](OC(C)=O)[C@]23C)[C@@H]2[C@@H](O)[C@@H]3[C@H]([C@H](C)[C@H]4O[C@]45OC(=O)[C@@](C)(O)[C@]35C)[C@@]2(C)[C@H]1OC(C)=O. The summed E-state index contributed by atoms with van der Waals surface area (Å²) in [6.07, 6.45) is -7.76. The Labute approximate surface area is 277 Å². The molecule has 0 radical (unpaired) electrons. The number of epoxide rings is 2. The second-order valence-electron chi connectivity index (χ2n) is 16.5. The fourth-order valence-corrected chi connectivity index (χ4v) is 12.9. The third-order valence-electron chi connectivity index (χ3n) is 14.7. The Morgan fingerprint density at radius 2 is 1.44 bits per heavy atom. The molecule has 5 aliphatic carbocycles. The molecule has 0 bridgehead atoms. The van der Waals surface area contributed by atoms with Gasteiger partial charge in [0.05, 0.1) is 17.6 Å². The van der Waals surface area contributed by atoms with Crippen LogP contribution in [0.2, 0.25) is 0 Å². The molecule has 3 saturated heterocycles. The van der Waals surface area contributed by atoms with Gasteiger partial charge < -0.3 is 43.7 Å². The van der Waals surface area contributed by atoms with Crippen molar-refractivity contribution >= 4 is 29.7 Å². The Bertz CT molecular complexity index is 1540. The van der Waals surface area contributed by atoms with Gasteiger partial charge in [0.2, 0.25) is 5.79 Å². The predicted octanol–water partition coefficient (Wildman–Crippen LogP) is 0.0530. The maximum Gasteiger partial charge on any atom is 0.341 e. The molecule has 264 valence electrons. The molecule has 5 saturated carbocycles. The molecule has 0 aromatic heterocycles. The van der Waals surface area contributed by atoms with Crippen LogP contribution in [0.15, 0.2) is 0 Å². The lowest BCUT2D eigenvalue weighted by atomic mass is 9.41. The first-order valence-electron chi connectivity index (χ1n) is 16.9. The molecule has 3 N–H and O–H groups in total. The normalized spacial score (nSPS) is 59.6. The Hall–Kier alpha value is -2.65. The zero-order chi connectivity index (χ0) is 35.0. The third-order valence-corrected chi connectivity index (χ3v) is 14.7. The maximum absolute atomic E-state index is 14.7. The van der Waals surface area contributed by atoms with Crippen molar-refractivity contribution in [2.75, 3.05) is 0 Å². The van der Waals surface area contributed by atoms with Crippen molar-refractivity contribution in [2.24, 2.45) is 57.7 Å². The van der Waals surface area contributed by atoms with Crippen LogP contribution < -0.4 is 0 Å². The van der Waals surface area contributed by atoms with E-state index in [2.05, 4.69) is 0 Å². The molecule has 48 heavy (non-hydrogen) atoms. The third kappa shape index (κ3) is 3.39. The highest BCUT2D eigenvalue weighted by Crippen LogP contribution is 2.80. The van der Waals surface area contributed by atoms with Crippen LogP contribution in [0.1, 0.15) is 61.8 Å². The summed E-state index contributed by atoms with van der Waals surface area (Å²) in [6, 6.07) is 0. The topological polar surface area (TPSA) is 208 Å². The minimum absolute atomic E-state index is 0.273. The second kappa shape index (κ2) is 9.36. The molecule has 1 spiro atoms. The van der Waals surface area contributed by atoms with Crippen molar-refractivity contribution in [3.63, 3.8) is 0 Å². The highest BCUT2D eigenvalue weighted by atomic mass is 16.8. The second-order valence-corrected chi connectivity index (χ2v) is 16.5. The van der Waals surface area contributed by atoms with E-state index in [0.29, 0.717) is 0 Å². The van der Waals surface area contributed by atoms with Crippen LogP contribution in [0.5, 0.6) is 0 Å². The molecule has 14 nitrogen and oxygen atoms in total. The average Bonchev–Trinajstić information content (AvgIpc) is 3.88. The Balaban J connectivity index is 1.38. The molecule has 8 aliphatic rings. The number of carbonyl (C=O) groups excluding carboxylic acids is 5. The molecular weight excluding hydrogens is 632 g/mol. The molecule has 20 atom stereocenters. The molecule has 3 heterocycles. The molecule has 0 aromatic rings. The first kappa shape index (κ1) is 32.5. The summed E-state index contributed by atoms with van der Waals surface area (Å²) in [5, 5.41) is 36.5. The van der Waals surface area contributed by atoms with E-state index in [0.717, 1.165) is 0 Å². The van der Waals surface area contributed by atoms with Gasteiger partial charge in [-0.3, -0.25) is 19.2 Å². The number of hydrogen-bond acceptors (Lipinski definition) is 14. The fraction of sp³-hybridized carbons (Fsp3) is 0.853. The standard InChI is InChI=1S/C34H44O14/c1-10-17-20(32(7)33(8,42)29(41)48-34(32)26(10)47-34)23(40)18-16-19(25(43-11(2)35)28(31(17,18)6)45-13(4)37)30(5)14(21(38)22(16)39)9-15-24(46-15)27(30)44-12(3)36/h10,14-21,23-28,38,40,42H,9H2,1-8H3/t10-,14+,15-,16-,17-,18+,19+,20-,21+,23+,24-,25-,26+,27-,28-,30-,31+,32-,33+,34-/m0/s1. The number of ketones is 1. The number of rotatable bonds is 3. The van der Waals surface area contributed by atoms with Gasteiger partial charge in [0.1, 0.15) is 36.6 Å². The van der Waals surface area contributed by atoms with Crippen LogP contribution in [-0.4, -0.2) is 105 Å². The van der Waals surface area contributed by atoms with E-state index in [1.807, 2.05) is 6.92 Å².